The summed E-state index contributed by atoms with van der Waals surface area (Å²) in [5.41, 5.74) is 3.42. The molecule has 3 rings (SSSR count). The van der Waals surface area contributed by atoms with Crippen LogP contribution in [0, 0.1) is 0 Å². The Hall–Kier alpha value is -0.230. The molecule has 0 amide bonds. The molecule has 0 aromatic carbocycles. The number of fused-ring (bicyclic) bond motifs is 1. The number of hydrogen-bond donors (Lipinski definition) is 0. The lowest BCUT2D eigenvalue weighted by molar-refractivity contribution is 0.0632. The van der Waals surface area contributed by atoms with Crippen molar-refractivity contribution in [3.05, 3.63) is 27.0 Å². The van der Waals surface area contributed by atoms with E-state index >= 15 is 0 Å². The zero-order valence-electron chi connectivity index (χ0n) is 9.86. The highest BCUT2D eigenvalue weighted by Crippen LogP contribution is 2.37. The summed E-state index contributed by atoms with van der Waals surface area (Å²) in [5.74, 6) is 0. The third-order valence-electron chi connectivity index (χ3n) is 3.21. The third-order valence-corrected chi connectivity index (χ3v) is 5.10. The molecule has 0 radical (unpaired) electrons. The molecule has 0 N–H and O–H groups in total. The van der Waals surface area contributed by atoms with E-state index < -0.39 is 0 Å². The van der Waals surface area contributed by atoms with E-state index in [1.54, 1.807) is 11.3 Å². The summed E-state index contributed by atoms with van der Waals surface area (Å²) in [6, 6.07) is 2.09. The van der Waals surface area contributed by atoms with Gasteiger partial charge in [0.1, 0.15) is 0 Å². The number of thiophene rings is 1. The molecule has 0 aliphatic carbocycles. The van der Waals surface area contributed by atoms with Crippen molar-refractivity contribution in [3.63, 3.8) is 0 Å². The minimum Gasteiger partial charge on any atom is -0.378 e. The van der Waals surface area contributed by atoms with Gasteiger partial charge in [0, 0.05) is 29.7 Å². The normalized spacial score (nSPS) is 19.8. The van der Waals surface area contributed by atoms with E-state index in [9.17, 15) is 0 Å². The van der Waals surface area contributed by atoms with Crippen LogP contribution in [0.5, 0.6) is 0 Å². The molecule has 18 heavy (non-hydrogen) atoms. The van der Waals surface area contributed by atoms with E-state index in [0.29, 0.717) is 0 Å². The minimum absolute atomic E-state index is 0.804. The highest BCUT2D eigenvalue weighted by Gasteiger charge is 2.24. The van der Waals surface area contributed by atoms with Gasteiger partial charge >= 0.3 is 0 Å². The first-order valence-corrected chi connectivity index (χ1v) is 8.22. The number of halogens is 2. The minimum atomic E-state index is 0.804. The Morgan fingerprint density at radius 1 is 1.39 bits per heavy atom. The molecule has 3 heterocycles. The molecule has 0 spiro atoms. The van der Waals surface area contributed by atoms with Gasteiger partial charge in [-0.3, -0.25) is 0 Å². The highest BCUT2D eigenvalue weighted by molar-refractivity contribution is 9.09. The molecule has 0 bridgehead atoms. The number of hydrogen-bond acceptors (Lipinski definition) is 4. The predicted octanol–water partition coefficient (Wildman–Crippen LogP) is 3.20. The second-order valence-corrected chi connectivity index (χ2v) is 6.64. The van der Waals surface area contributed by atoms with E-state index in [0.717, 1.165) is 42.6 Å². The first kappa shape index (κ1) is 12.8. The second kappa shape index (κ2) is 5.41. The fourth-order valence-electron chi connectivity index (χ4n) is 2.34. The van der Waals surface area contributed by atoms with E-state index in [1.165, 1.54) is 16.1 Å². The van der Waals surface area contributed by atoms with Crippen molar-refractivity contribution in [2.75, 3.05) is 31.8 Å². The van der Waals surface area contributed by atoms with Gasteiger partial charge in [-0.2, -0.15) is 0 Å². The Balaban J connectivity index is 1.95. The van der Waals surface area contributed by atoms with Crippen LogP contribution in [0.1, 0.15) is 10.4 Å². The fourth-order valence-corrected chi connectivity index (χ4v) is 3.96. The lowest BCUT2D eigenvalue weighted by Crippen LogP contribution is -2.37. The zero-order valence-corrected chi connectivity index (χ0v) is 13.0. The van der Waals surface area contributed by atoms with E-state index in [4.69, 9.17) is 16.3 Å². The predicted molar refractivity (Wildman–Crippen MR) is 79.0 cm³/mol. The van der Waals surface area contributed by atoms with Crippen molar-refractivity contribution in [1.29, 1.82) is 0 Å². The van der Waals surface area contributed by atoms with Crippen LogP contribution in [-0.2, 0) is 11.3 Å². The van der Waals surface area contributed by atoms with Gasteiger partial charge in [-0.15, -0.1) is 11.3 Å². The smallest absolute Gasteiger partial charge is 0.0938 e. The molecule has 0 saturated carbocycles. The van der Waals surface area contributed by atoms with Gasteiger partial charge in [-0.1, -0.05) is 27.5 Å². The number of morpholine rings is 1. The van der Waals surface area contributed by atoms with Gasteiger partial charge < -0.3 is 14.5 Å². The molecule has 3 nitrogen and oxygen atoms in total. The van der Waals surface area contributed by atoms with Crippen LogP contribution in [0.3, 0.4) is 0 Å². The van der Waals surface area contributed by atoms with Gasteiger partial charge in [0.15, 0.2) is 0 Å². The summed E-state index contributed by atoms with van der Waals surface area (Å²) in [6.07, 6.45) is 2.23. The van der Waals surface area contributed by atoms with E-state index in [1.807, 2.05) is 0 Å². The summed E-state index contributed by atoms with van der Waals surface area (Å²) in [6.45, 7) is 4.45. The Morgan fingerprint density at radius 3 is 2.89 bits per heavy atom. The molecule has 6 heteroatoms. The average Bonchev–Trinajstić information content (AvgIpc) is 2.78. The summed E-state index contributed by atoms with van der Waals surface area (Å²) in [7, 11) is 0. The molecular weight excluding hydrogens is 336 g/mol. The second-order valence-electron chi connectivity index (χ2n) is 4.37. The Kier molecular flexibility index (Phi) is 3.84. The molecule has 2 aliphatic rings. The number of ether oxygens (including phenoxy) is 1. The molecule has 0 atom stereocenters. The molecule has 1 fully saturated rings. The van der Waals surface area contributed by atoms with Crippen molar-refractivity contribution in [1.82, 2.24) is 9.80 Å². The van der Waals surface area contributed by atoms with Crippen LogP contribution in [-0.4, -0.2) is 41.6 Å². The summed E-state index contributed by atoms with van der Waals surface area (Å²) in [4.78, 5) is 6.00. The lowest BCUT2D eigenvalue weighted by atomic mass is 10.1. The summed E-state index contributed by atoms with van der Waals surface area (Å²) in [5, 5.41) is 0. The van der Waals surface area contributed by atoms with Gasteiger partial charge in [0.25, 0.3) is 0 Å². The van der Waals surface area contributed by atoms with Crippen LogP contribution < -0.4 is 0 Å². The van der Waals surface area contributed by atoms with E-state index in [2.05, 4.69) is 38.0 Å². The summed E-state index contributed by atoms with van der Waals surface area (Å²) >= 11 is 11.4. The number of rotatable bonds is 2. The number of nitrogens with zero attached hydrogens (tertiary/aromatic N) is 2. The van der Waals surface area contributed by atoms with Crippen molar-refractivity contribution >= 4 is 44.6 Å². The maximum absolute atomic E-state index is 6.16. The van der Waals surface area contributed by atoms with Crippen LogP contribution in [0.15, 0.2) is 12.3 Å². The quantitative estimate of drug-likeness (QED) is 0.602. The van der Waals surface area contributed by atoms with Crippen molar-refractivity contribution < 1.29 is 4.74 Å². The molecule has 1 saturated heterocycles. The average molecular weight is 350 g/mol. The molecule has 98 valence electrons. The fraction of sp³-hybridized carbons (Fsp3) is 0.500. The topological polar surface area (TPSA) is 15.7 Å². The monoisotopic (exact) mass is 348 g/mol. The third kappa shape index (κ3) is 2.41. The van der Waals surface area contributed by atoms with Crippen LogP contribution in [0.4, 0.5) is 0 Å². The maximum atomic E-state index is 6.16. The van der Waals surface area contributed by atoms with Crippen LogP contribution in [0.25, 0.3) is 5.70 Å². The van der Waals surface area contributed by atoms with E-state index in [-0.39, 0.29) is 0 Å². The highest BCUT2D eigenvalue weighted by atomic mass is 79.9. The van der Waals surface area contributed by atoms with Crippen molar-refractivity contribution in [2.24, 2.45) is 0 Å². The van der Waals surface area contributed by atoms with Gasteiger partial charge in [-0.25, -0.2) is 0 Å². The standard InChI is InChI=1S/C12H14BrClN2OS/c13-8-15-6-10(16-1-3-17-4-2-16)9-5-12(14)18-11(9)7-15/h5-6H,1-4,7-8H2. The van der Waals surface area contributed by atoms with Crippen LogP contribution in [0.2, 0.25) is 4.34 Å². The Bertz CT molecular complexity index is 471. The van der Waals surface area contributed by atoms with Crippen molar-refractivity contribution in [2.45, 2.75) is 6.54 Å². The zero-order chi connectivity index (χ0) is 12.5. The lowest BCUT2D eigenvalue weighted by Gasteiger charge is -2.35. The largest absolute Gasteiger partial charge is 0.378 e. The summed E-state index contributed by atoms with van der Waals surface area (Å²) < 4.78 is 6.29. The molecule has 1 aromatic rings. The van der Waals surface area contributed by atoms with Gasteiger partial charge in [0.05, 0.1) is 35.2 Å². The number of alkyl halides is 1. The first-order chi connectivity index (χ1) is 8.78. The molecule has 1 aromatic heterocycles. The maximum Gasteiger partial charge on any atom is 0.0938 e. The van der Waals surface area contributed by atoms with Crippen LogP contribution >= 0.6 is 38.9 Å². The van der Waals surface area contributed by atoms with Crippen molar-refractivity contribution in [3.8, 4) is 0 Å². The SMILES string of the molecule is Clc1cc2c(s1)CN(CBr)C=C2N1CCOCC1. The molecule has 0 unspecified atom stereocenters. The molecular formula is C12H14BrClN2OS. The van der Waals surface area contributed by atoms with Gasteiger partial charge in [0.2, 0.25) is 0 Å². The van der Waals surface area contributed by atoms with Gasteiger partial charge in [-0.05, 0) is 6.07 Å². The first-order valence-electron chi connectivity index (χ1n) is 5.91. The Morgan fingerprint density at radius 2 is 2.17 bits per heavy atom. The molecule has 2 aliphatic heterocycles. The Labute approximate surface area is 124 Å².